The van der Waals surface area contributed by atoms with E-state index in [0.717, 1.165) is 36.8 Å². The number of hydrogen-bond acceptors (Lipinski definition) is 2. The highest BCUT2D eigenvalue weighted by atomic mass is 35.5. The monoisotopic (exact) mass is 335 g/mol. The van der Waals surface area contributed by atoms with E-state index in [2.05, 4.69) is 33.2 Å². The average Bonchev–Trinajstić information content (AvgIpc) is 2.77. The standard InChI is InChI=1S/C14H18ClN3.2ClH/c1-12-10-18(11-17-12)8-2-7-16-9-13-3-5-14(15)6-4-13;;/h3-6,10-11,16H,2,7-9H2,1H3;2*1H. The summed E-state index contributed by atoms with van der Waals surface area (Å²) in [6.07, 6.45) is 5.05. The first kappa shape index (κ1) is 19.3. The number of aromatic nitrogens is 2. The molecule has 0 aliphatic heterocycles. The summed E-state index contributed by atoms with van der Waals surface area (Å²) >= 11 is 5.84. The summed E-state index contributed by atoms with van der Waals surface area (Å²) < 4.78 is 2.12. The Balaban J connectivity index is 0.00000180. The molecule has 0 bridgehead atoms. The van der Waals surface area contributed by atoms with E-state index in [1.165, 1.54) is 5.56 Å². The Kier molecular flexibility index (Phi) is 9.68. The molecule has 0 radical (unpaired) electrons. The number of nitrogens with one attached hydrogen (secondary N) is 1. The lowest BCUT2D eigenvalue weighted by Gasteiger charge is -2.05. The van der Waals surface area contributed by atoms with Gasteiger partial charge in [-0.15, -0.1) is 24.8 Å². The fourth-order valence-corrected chi connectivity index (χ4v) is 1.94. The average molecular weight is 337 g/mol. The molecule has 1 aromatic heterocycles. The molecule has 0 amide bonds. The SMILES string of the molecule is Cc1cn(CCCNCc2ccc(Cl)cc2)cn1.Cl.Cl. The molecule has 2 aromatic rings. The van der Waals surface area contributed by atoms with Crippen LogP contribution in [0.4, 0.5) is 0 Å². The first-order valence-corrected chi connectivity index (χ1v) is 6.55. The highest BCUT2D eigenvalue weighted by Crippen LogP contribution is 2.09. The van der Waals surface area contributed by atoms with Crippen LogP contribution >= 0.6 is 36.4 Å². The third-order valence-corrected chi connectivity index (χ3v) is 3.03. The Morgan fingerprint density at radius 1 is 1.20 bits per heavy atom. The van der Waals surface area contributed by atoms with Crippen LogP contribution in [0.3, 0.4) is 0 Å². The van der Waals surface area contributed by atoms with Gasteiger partial charge in [0.05, 0.1) is 12.0 Å². The second-order valence-corrected chi connectivity index (χ2v) is 4.85. The Hall–Kier alpha value is -0.740. The zero-order valence-electron chi connectivity index (χ0n) is 11.4. The molecular weight excluding hydrogens is 317 g/mol. The summed E-state index contributed by atoms with van der Waals surface area (Å²) in [4.78, 5) is 4.20. The van der Waals surface area contributed by atoms with Crippen LogP contribution in [0, 0.1) is 6.92 Å². The molecular formula is C14H20Cl3N3. The van der Waals surface area contributed by atoms with Gasteiger partial charge < -0.3 is 9.88 Å². The van der Waals surface area contributed by atoms with Crippen molar-refractivity contribution in [3.63, 3.8) is 0 Å². The van der Waals surface area contributed by atoms with Crippen molar-refractivity contribution < 1.29 is 0 Å². The van der Waals surface area contributed by atoms with Gasteiger partial charge in [-0.25, -0.2) is 4.98 Å². The Labute approximate surface area is 137 Å². The van der Waals surface area contributed by atoms with Crippen molar-refractivity contribution in [3.05, 3.63) is 53.1 Å². The minimum atomic E-state index is 0. The van der Waals surface area contributed by atoms with E-state index in [-0.39, 0.29) is 24.8 Å². The number of imidazole rings is 1. The Morgan fingerprint density at radius 2 is 1.90 bits per heavy atom. The van der Waals surface area contributed by atoms with Gasteiger partial charge in [0.25, 0.3) is 0 Å². The highest BCUT2D eigenvalue weighted by Gasteiger charge is 1.95. The molecule has 0 saturated carbocycles. The van der Waals surface area contributed by atoms with E-state index >= 15 is 0 Å². The molecule has 0 atom stereocenters. The van der Waals surface area contributed by atoms with Crippen molar-refractivity contribution in [1.82, 2.24) is 14.9 Å². The maximum absolute atomic E-state index is 5.84. The van der Waals surface area contributed by atoms with Crippen molar-refractivity contribution in [2.75, 3.05) is 6.54 Å². The van der Waals surface area contributed by atoms with Crippen molar-refractivity contribution >= 4 is 36.4 Å². The van der Waals surface area contributed by atoms with Crippen LogP contribution in [-0.4, -0.2) is 16.1 Å². The minimum absolute atomic E-state index is 0. The first-order valence-electron chi connectivity index (χ1n) is 6.17. The van der Waals surface area contributed by atoms with E-state index in [9.17, 15) is 0 Å². The van der Waals surface area contributed by atoms with E-state index in [4.69, 9.17) is 11.6 Å². The summed E-state index contributed by atoms with van der Waals surface area (Å²) in [5.41, 5.74) is 2.34. The van der Waals surface area contributed by atoms with Crippen molar-refractivity contribution in [2.24, 2.45) is 0 Å². The molecule has 0 fully saturated rings. The molecule has 1 heterocycles. The smallest absolute Gasteiger partial charge is 0.0949 e. The Morgan fingerprint density at radius 3 is 2.50 bits per heavy atom. The molecule has 0 spiro atoms. The van der Waals surface area contributed by atoms with Crippen LogP contribution in [0.5, 0.6) is 0 Å². The van der Waals surface area contributed by atoms with Gasteiger partial charge in [0.2, 0.25) is 0 Å². The van der Waals surface area contributed by atoms with Crippen LogP contribution in [-0.2, 0) is 13.1 Å². The van der Waals surface area contributed by atoms with E-state index in [0.29, 0.717) is 0 Å². The third kappa shape index (κ3) is 6.62. The van der Waals surface area contributed by atoms with Crippen LogP contribution < -0.4 is 5.32 Å². The topological polar surface area (TPSA) is 29.9 Å². The lowest BCUT2D eigenvalue weighted by Crippen LogP contribution is -2.16. The number of aryl methyl sites for hydroxylation is 2. The van der Waals surface area contributed by atoms with Crippen LogP contribution in [0.2, 0.25) is 5.02 Å². The second-order valence-electron chi connectivity index (χ2n) is 4.41. The van der Waals surface area contributed by atoms with Gasteiger partial charge in [0.1, 0.15) is 0 Å². The summed E-state index contributed by atoms with van der Waals surface area (Å²) in [5, 5.41) is 4.21. The molecule has 3 nitrogen and oxygen atoms in total. The third-order valence-electron chi connectivity index (χ3n) is 2.77. The van der Waals surface area contributed by atoms with E-state index in [1.54, 1.807) is 0 Å². The number of benzene rings is 1. The molecule has 2 rings (SSSR count). The van der Waals surface area contributed by atoms with Crippen LogP contribution in [0.1, 0.15) is 17.7 Å². The lowest BCUT2D eigenvalue weighted by molar-refractivity contribution is 0.580. The quantitative estimate of drug-likeness (QED) is 0.812. The number of rotatable bonds is 6. The molecule has 0 saturated heterocycles. The maximum Gasteiger partial charge on any atom is 0.0949 e. The van der Waals surface area contributed by atoms with E-state index in [1.807, 2.05) is 25.4 Å². The van der Waals surface area contributed by atoms with Gasteiger partial charge >= 0.3 is 0 Å². The van der Waals surface area contributed by atoms with E-state index < -0.39 is 0 Å². The van der Waals surface area contributed by atoms with Crippen molar-refractivity contribution in [3.8, 4) is 0 Å². The van der Waals surface area contributed by atoms with Gasteiger partial charge in [-0.1, -0.05) is 23.7 Å². The zero-order chi connectivity index (χ0) is 12.8. The number of nitrogens with zero attached hydrogens (tertiary/aromatic N) is 2. The summed E-state index contributed by atoms with van der Waals surface area (Å²) in [5.74, 6) is 0. The zero-order valence-corrected chi connectivity index (χ0v) is 13.8. The molecule has 1 N–H and O–H groups in total. The summed E-state index contributed by atoms with van der Waals surface area (Å²) in [6, 6.07) is 7.95. The summed E-state index contributed by atoms with van der Waals surface area (Å²) in [6.45, 7) is 4.91. The predicted molar refractivity (Wildman–Crippen MR) is 89.2 cm³/mol. The van der Waals surface area contributed by atoms with Crippen LogP contribution in [0.15, 0.2) is 36.8 Å². The molecule has 20 heavy (non-hydrogen) atoms. The van der Waals surface area contributed by atoms with Gasteiger partial charge in [-0.3, -0.25) is 0 Å². The molecule has 0 aliphatic carbocycles. The highest BCUT2D eigenvalue weighted by molar-refractivity contribution is 6.30. The Bertz CT molecular complexity index is 483. The molecule has 0 aliphatic rings. The van der Waals surface area contributed by atoms with Gasteiger partial charge in [0, 0.05) is 24.3 Å². The number of hydrogen-bond donors (Lipinski definition) is 1. The maximum atomic E-state index is 5.84. The molecule has 0 unspecified atom stereocenters. The molecule has 1 aromatic carbocycles. The fourth-order valence-electron chi connectivity index (χ4n) is 1.82. The van der Waals surface area contributed by atoms with Gasteiger partial charge in [-0.05, 0) is 37.6 Å². The minimum Gasteiger partial charge on any atom is -0.337 e. The van der Waals surface area contributed by atoms with Gasteiger partial charge in [-0.2, -0.15) is 0 Å². The number of halogens is 3. The summed E-state index contributed by atoms with van der Waals surface area (Å²) in [7, 11) is 0. The van der Waals surface area contributed by atoms with Crippen molar-refractivity contribution in [1.29, 1.82) is 0 Å². The lowest BCUT2D eigenvalue weighted by atomic mass is 10.2. The normalized spacial score (nSPS) is 9.70. The van der Waals surface area contributed by atoms with Crippen LogP contribution in [0.25, 0.3) is 0 Å². The van der Waals surface area contributed by atoms with Crippen molar-refractivity contribution in [2.45, 2.75) is 26.4 Å². The first-order chi connectivity index (χ1) is 8.74. The predicted octanol–water partition coefficient (Wildman–Crippen LogP) is 3.87. The fraction of sp³-hybridized carbons (Fsp3) is 0.357. The molecule has 112 valence electrons. The largest absolute Gasteiger partial charge is 0.337 e. The second kappa shape index (κ2) is 10.1. The van der Waals surface area contributed by atoms with Gasteiger partial charge in [0.15, 0.2) is 0 Å². The molecule has 6 heteroatoms.